The van der Waals surface area contributed by atoms with Crippen molar-refractivity contribution in [3.8, 4) is 0 Å². The van der Waals surface area contributed by atoms with Gasteiger partial charge in [-0.2, -0.15) is 0 Å². The van der Waals surface area contributed by atoms with Gasteiger partial charge in [0.1, 0.15) is 0 Å². The van der Waals surface area contributed by atoms with Crippen molar-refractivity contribution < 1.29 is 0 Å². The van der Waals surface area contributed by atoms with Crippen LogP contribution >= 0.6 is 15.9 Å². The van der Waals surface area contributed by atoms with Crippen molar-refractivity contribution >= 4 is 22.0 Å². The molecule has 1 atom stereocenters. The maximum Gasteiger partial charge on any atom is 0.00401 e. The van der Waals surface area contributed by atoms with E-state index in [0.29, 0.717) is 5.92 Å². The average molecular weight is 251 g/mol. The molecular formula is C13H15Br. The van der Waals surface area contributed by atoms with E-state index in [1.807, 2.05) is 0 Å². The molecule has 0 nitrogen and oxygen atoms in total. The standard InChI is InChI=1S/C13H15Br/c1-9-3-4-10(2)13-11(7-8-14)5-6-12(9)13/h3-6,11H,7-8H2,1-2H3. The Morgan fingerprint density at radius 3 is 2.64 bits per heavy atom. The summed E-state index contributed by atoms with van der Waals surface area (Å²) in [6.07, 6.45) is 5.82. The summed E-state index contributed by atoms with van der Waals surface area (Å²) in [5.41, 5.74) is 5.83. The largest absolute Gasteiger partial charge is 0.0928 e. The summed E-state index contributed by atoms with van der Waals surface area (Å²) in [5, 5.41) is 1.08. The fraction of sp³-hybridized carbons (Fsp3) is 0.385. The zero-order valence-corrected chi connectivity index (χ0v) is 10.3. The zero-order chi connectivity index (χ0) is 10.1. The van der Waals surface area contributed by atoms with Crippen LogP contribution in [0.2, 0.25) is 0 Å². The van der Waals surface area contributed by atoms with Crippen LogP contribution < -0.4 is 0 Å². The third-order valence-corrected chi connectivity index (χ3v) is 3.47. The normalized spacial score (nSPS) is 18.6. The van der Waals surface area contributed by atoms with Gasteiger partial charge in [-0.05, 0) is 42.5 Å². The highest BCUT2D eigenvalue weighted by atomic mass is 79.9. The molecule has 0 saturated carbocycles. The number of hydrogen-bond donors (Lipinski definition) is 0. The SMILES string of the molecule is Cc1ccc(C)c2c1C=CC2CCBr. The molecule has 1 unspecified atom stereocenters. The van der Waals surface area contributed by atoms with Crippen LogP contribution in [-0.2, 0) is 0 Å². The second-order valence-electron chi connectivity index (χ2n) is 3.97. The third kappa shape index (κ3) is 1.54. The Morgan fingerprint density at radius 2 is 1.93 bits per heavy atom. The van der Waals surface area contributed by atoms with Gasteiger partial charge in [0.2, 0.25) is 0 Å². The molecule has 1 aliphatic carbocycles. The highest BCUT2D eigenvalue weighted by molar-refractivity contribution is 9.09. The van der Waals surface area contributed by atoms with Crippen LogP contribution in [0.1, 0.15) is 34.6 Å². The van der Waals surface area contributed by atoms with Gasteiger partial charge in [-0.25, -0.2) is 0 Å². The first-order chi connectivity index (χ1) is 6.74. The van der Waals surface area contributed by atoms with Crippen molar-refractivity contribution in [2.75, 3.05) is 5.33 Å². The number of rotatable bonds is 2. The molecule has 1 aromatic carbocycles. The molecule has 0 aromatic heterocycles. The van der Waals surface area contributed by atoms with E-state index >= 15 is 0 Å². The maximum absolute atomic E-state index is 3.52. The zero-order valence-electron chi connectivity index (χ0n) is 8.68. The number of benzene rings is 1. The van der Waals surface area contributed by atoms with Crippen molar-refractivity contribution in [2.45, 2.75) is 26.2 Å². The molecule has 0 fully saturated rings. The van der Waals surface area contributed by atoms with Gasteiger partial charge in [0, 0.05) is 11.2 Å². The first-order valence-corrected chi connectivity index (χ1v) is 6.20. The minimum atomic E-state index is 0.629. The molecule has 1 heteroatoms. The summed E-state index contributed by atoms with van der Waals surface area (Å²) in [7, 11) is 0. The van der Waals surface area contributed by atoms with E-state index in [9.17, 15) is 0 Å². The Kier molecular flexibility index (Phi) is 2.78. The fourth-order valence-corrected chi connectivity index (χ4v) is 2.73. The number of aryl methyl sites for hydroxylation is 2. The number of hydrogen-bond acceptors (Lipinski definition) is 0. The summed E-state index contributed by atoms with van der Waals surface area (Å²) >= 11 is 3.52. The van der Waals surface area contributed by atoms with E-state index in [2.05, 4.69) is 54.1 Å². The van der Waals surface area contributed by atoms with E-state index in [-0.39, 0.29) is 0 Å². The minimum Gasteiger partial charge on any atom is -0.0928 e. The van der Waals surface area contributed by atoms with E-state index in [1.54, 1.807) is 5.56 Å². The summed E-state index contributed by atoms with van der Waals surface area (Å²) in [6.45, 7) is 4.41. The quantitative estimate of drug-likeness (QED) is 0.691. The smallest absolute Gasteiger partial charge is 0.00401 e. The summed E-state index contributed by atoms with van der Waals surface area (Å²) < 4.78 is 0. The molecule has 2 rings (SSSR count). The van der Waals surface area contributed by atoms with Crippen LogP contribution in [0.4, 0.5) is 0 Å². The van der Waals surface area contributed by atoms with Gasteiger partial charge in [-0.3, -0.25) is 0 Å². The number of alkyl halides is 1. The second kappa shape index (κ2) is 3.90. The first-order valence-electron chi connectivity index (χ1n) is 5.08. The van der Waals surface area contributed by atoms with Gasteiger partial charge in [0.05, 0.1) is 0 Å². The highest BCUT2D eigenvalue weighted by Gasteiger charge is 2.19. The van der Waals surface area contributed by atoms with Crippen molar-refractivity contribution in [3.05, 3.63) is 40.5 Å². The van der Waals surface area contributed by atoms with Crippen LogP contribution in [0.3, 0.4) is 0 Å². The lowest BCUT2D eigenvalue weighted by atomic mass is 9.92. The van der Waals surface area contributed by atoms with Crippen molar-refractivity contribution in [3.63, 3.8) is 0 Å². The Labute approximate surface area is 94.2 Å². The predicted molar refractivity (Wildman–Crippen MR) is 66.1 cm³/mol. The Balaban J connectivity index is 2.47. The van der Waals surface area contributed by atoms with Gasteiger partial charge in [-0.15, -0.1) is 0 Å². The van der Waals surface area contributed by atoms with Crippen LogP contribution in [-0.4, -0.2) is 5.33 Å². The molecule has 1 aliphatic rings. The van der Waals surface area contributed by atoms with Crippen molar-refractivity contribution in [1.29, 1.82) is 0 Å². The van der Waals surface area contributed by atoms with Gasteiger partial charge in [0.25, 0.3) is 0 Å². The van der Waals surface area contributed by atoms with E-state index in [4.69, 9.17) is 0 Å². The monoisotopic (exact) mass is 250 g/mol. The van der Waals surface area contributed by atoms with Crippen molar-refractivity contribution in [1.82, 2.24) is 0 Å². The lowest BCUT2D eigenvalue weighted by Gasteiger charge is -2.13. The molecule has 0 saturated heterocycles. The molecule has 14 heavy (non-hydrogen) atoms. The molecule has 0 spiro atoms. The summed E-state index contributed by atoms with van der Waals surface area (Å²) in [5.74, 6) is 0.629. The van der Waals surface area contributed by atoms with Crippen LogP contribution in [0, 0.1) is 13.8 Å². The van der Waals surface area contributed by atoms with E-state index in [0.717, 1.165) is 5.33 Å². The number of allylic oxidation sites excluding steroid dienone is 1. The maximum atomic E-state index is 3.52. The minimum absolute atomic E-state index is 0.629. The molecule has 0 radical (unpaired) electrons. The van der Waals surface area contributed by atoms with E-state index < -0.39 is 0 Å². The average Bonchev–Trinajstić information content (AvgIpc) is 2.58. The van der Waals surface area contributed by atoms with Gasteiger partial charge in [-0.1, -0.05) is 40.2 Å². The Bertz CT molecular complexity index is 377. The highest BCUT2D eigenvalue weighted by Crippen LogP contribution is 2.36. The summed E-state index contributed by atoms with van der Waals surface area (Å²) in [6, 6.07) is 4.46. The Morgan fingerprint density at radius 1 is 1.21 bits per heavy atom. The molecule has 0 amide bonds. The van der Waals surface area contributed by atoms with Gasteiger partial charge < -0.3 is 0 Å². The lowest BCUT2D eigenvalue weighted by molar-refractivity contribution is 0.824. The number of fused-ring (bicyclic) bond motifs is 1. The van der Waals surface area contributed by atoms with Crippen molar-refractivity contribution in [2.24, 2.45) is 0 Å². The fourth-order valence-electron chi connectivity index (χ4n) is 2.23. The van der Waals surface area contributed by atoms with Crippen LogP contribution in [0.15, 0.2) is 18.2 Å². The van der Waals surface area contributed by atoms with Crippen LogP contribution in [0.25, 0.3) is 6.08 Å². The lowest BCUT2D eigenvalue weighted by Crippen LogP contribution is -1.98. The third-order valence-electron chi connectivity index (χ3n) is 3.01. The number of halogens is 1. The predicted octanol–water partition coefficient (Wildman–Crippen LogP) is 4.20. The van der Waals surface area contributed by atoms with Gasteiger partial charge in [0.15, 0.2) is 0 Å². The second-order valence-corrected chi connectivity index (χ2v) is 4.76. The molecule has 0 bridgehead atoms. The van der Waals surface area contributed by atoms with Crippen LogP contribution in [0.5, 0.6) is 0 Å². The Hall–Kier alpha value is -0.560. The molecule has 0 heterocycles. The molecule has 0 aliphatic heterocycles. The first kappa shape index (κ1) is 9.97. The molecular weight excluding hydrogens is 236 g/mol. The molecule has 0 N–H and O–H groups in total. The topological polar surface area (TPSA) is 0 Å². The molecule has 1 aromatic rings. The molecule has 74 valence electrons. The van der Waals surface area contributed by atoms with E-state index in [1.165, 1.54) is 23.1 Å². The van der Waals surface area contributed by atoms with Gasteiger partial charge >= 0.3 is 0 Å². The summed E-state index contributed by atoms with van der Waals surface area (Å²) in [4.78, 5) is 0.